The first kappa shape index (κ1) is 17.9. The summed E-state index contributed by atoms with van der Waals surface area (Å²) in [6.45, 7) is 3.99. The lowest BCUT2D eigenvalue weighted by molar-refractivity contribution is 0.156. The van der Waals surface area contributed by atoms with E-state index in [1.807, 2.05) is 6.92 Å². The van der Waals surface area contributed by atoms with Crippen LogP contribution in [0.25, 0.3) is 0 Å². The van der Waals surface area contributed by atoms with Crippen molar-refractivity contribution in [1.29, 1.82) is 0 Å². The Morgan fingerprint density at radius 3 is 2.06 bits per heavy atom. The molecule has 0 spiro atoms. The van der Waals surface area contributed by atoms with Crippen molar-refractivity contribution >= 4 is 10.1 Å². The fraction of sp³-hybridized carbons (Fsp3) is 1.00. The molecule has 0 heterocycles. The number of aliphatic hydroxyl groups excluding tert-OH is 1. The van der Waals surface area contributed by atoms with Crippen molar-refractivity contribution in [2.24, 2.45) is 0 Å². The summed E-state index contributed by atoms with van der Waals surface area (Å²) in [5.74, 6) is 0. The summed E-state index contributed by atoms with van der Waals surface area (Å²) >= 11 is 0. The lowest BCUT2D eigenvalue weighted by atomic mass is 10.0. The highest BCUT2D eigenvalue weighted by molar-refractivity contribution is 7.86. The molecule has 0 bridgehead atoms. The Labute approximate surface area is 112 Å². The van der Waals surface area contributed by atoms with Crippen LogP contribution in [0.2, 0.25) is 0 Å². The van der Waals surface area contributed by atoms with Gasteiger partial charge in [-0.15, -0.1) is 0 Å². The molecular weight excluding hydrogens is 252 g/mol. The maximum Gasteiger partial charge on any atom is 0.267 e. The van der Waals surface area contributed by atoms with Crippen LogP contribution in [0.4, 0.5) is 0 Å². The first-order valence-corrected chi connectivity index (χ1v) is 8.56. The largest absolute Gasteiger partial charge is 0.393 e. The van der Waals surface area contributed by atoms with Crippen molar-refractivity contribution < 1.29 is 18.1 Å². The molecule has 0 radical (unpaired) electrons. The van der Waals surface area contributed by atoms with Crippen LogP contribution >= 0.6 is 0 Å². The molecule has 0 aliphatic carbocycles. The minimum Gasteiger partial charge on any atom is -0.393 e. The summed E-state index contributed by atoms with van der Waals surface area (Å²) in [5, 5.41) is 8.73. The average Bonchev–Trinajstić information content (AvgIpc) is 2.30. The Bertz CT molecular complexity index is 287. The maximum atomic E-state index is 11.2. The van der Waals surface area contributed by atoms with Crippen LogP contribution in [-0.4, -0.2) is 29.4 Å². The lowest BCUT2D eigenvalue weighted by Gasteiger charge is -2.15. The van der Waals surface area contributed by atoms with E-state index in [1.54, 1.807) is 0 Å². The monoisotopic (exact) mass is 280 g/mol. The van der Waals surface area contributed by atoms with E-state index < -0.39 is 21.5 Å². The van der Waals surface area contributed by atoms with E-state index >= 15 is 0 Å². The van der Waals surface area contributed by atoms with Gasteiger partial charge in [-0.05, 0) is 25.7 Å². The Morgan fingerprint density at radius 2 is 1.56 bits per heavy atom. The van der Waals surface area contributed by atoms with Crippen LogP contribution in [-0.2, 0) is 10.1 Å². The summed E-state index contributed by atoms with van der Waals surface area (Å²) in [5.41, 5.74) is 0. The third-order valence-corrected chi connectivity index (χ3v) is 4.66. The predicted octanol–water partition coefficient (Wildman–Crippen LogP) is 3.15. The van der Waals surface area contributed by atoms with Crippen molar-refractivity contribution in [1.82, 2.24) is 0 Å². The summed E-state index contributed by atoms with van der Waals surface area (Å²) in [7, 11) is -3.97. The summed E-state index contributed by atoms with van der Waals surface area (Å²) in [4.78, 5) is 0. The van der Waals surface area contributed by atoms with E-state index in [-0.39, 0.29) is 0 Å². The van der Waals surface area contributed by atoms with Gasteiger partial charge in [0.15, 0.2) is 0 Å². The van der Waals surface area contributed by atoms with Crippen LogP contribution in [0, 0.1) is 0 Å². The molecule has 0 aromatic heterocycles. The van der Waals surface area contributed by atoms with Gasteiger partial charge in [0, 0.05) is 0 Å². The van der Waals surface area contributed by atoms with Crippen LogP contribution in [0.5, 0.6) is 0 Å². The molecule has 5 heteroatoms. The van der Waals surface area contributed by atoms with Gasteiger partial charge in [0.1, 0.15) is 0 Å². The van der Waals surface area contributed by atoms with Gasteiger partial charge in [0.25, 0.3) is 10.1 Å². The van der Waals surface area contributed by atoms with E-state index in [2.05, 4.69) is 6.92 Å². The van der Waals surface area contributed by atoms with Crippen molar-refractivity contribution in [3.05, 3.63) is 0 Å². The normalized spacial score (nSPS) is 15.6. The molecule has 0 aliphatic heterocycles. The predicted molar refractivity (Wildman–Crippen MR) is 74.2 cm³/mol. The molecule has 110 valence electrons. The molecule has 0 saturated heterocycles. The third kappa shape index (κ3) is 8.89. The molecule has 0 saturated carbocycles. The molecule has 0 aliphatic rings. The van der Waals surface area contributed by atoms with Gasteiger partial charge in [-0.1, -0.05) is 46.0 Å². The molecule has 2 N–H and O–H groups in total. The van der Waals surface area contributed by atoms with Gasteiger partial charge >= 0.3 is 0 Å². The quantitative estimate of drug-likeness (QED) is 0.450. The minimum absolute atomic E-state index is 0.349. The molecule has 0 aromatic rings. The SMILES string of the molecule is CCCCCCCC(CCC(O)CC)S(=O)(=O)O. The van der Waals surface area contributed by atoms with Crippen LogP contribution < -0.4 is 0 Å². The Balaban J connectivity index is 4.02. The Kier molecular flexibility index (Phi) is 9.68. The number of hydrogen-bond acceptors (Lipinski definition) is 3. The van der Waals surface area contributed by atoms with Gasteiger partial charge in [-0.3, -0.25) is 4.55 Å². The second-order valence-electron chi connectivity index (χ2n) is 4.98. The second kappa shape index (κ2) is 9.75. The highest BCUT2D eigenvalue weighted by Crippen LogP contribution is 2.18. The van der Waals surface area contributed by atoms with E-state index in [0.717, 1.165) is 25.7 Å². The average molecular weight is 280 g/mol. The molecule has 0 fully saturated rings. The Morgan fingerprint density at radius 1 is 0.944 bits per heavy atom. The van der Waals surface area contributed by atoms with Crippen LogP contribution in [0.1, 0.15) is 71.6 Å². The lowest BCUT2D eigenvalue weighted by Crippen LogP contribution is -2.22. The number of aliphatic hydroxyl groups is 1. The smallest absolute Gasteiger partial charge is 0.267 e. The van der Waals surface area contributed by atoms with Gasteiger partial charge in [-0.2, -0.15) is 8.42 Å². The van der Waals surface area contributed by atoms with Crippen molar-refractivity contribution in [3.8, 4) is 0 Å². The van der Waals surface area contributed by atoms with E-state index in [9.17, 15) is 13.5 Å². The van der Waals surface area contributed by atoms with Gasteiger partial charge in [0.05, 0.1) is 11.4 Å². The zero-order valence-electron chi connectivity index (χ0n) is 11.6. The van der Waals surface area contributed by atoms with Crippen molar-refractivity contribution in [2.45, 2.75) is 83.0 Å². The molecule has 0 rings (SSSR count). The van der Waals surface area contributed by atoms with Crippen LogP contribution in [0.15, 0.2) is 0 Å². The molecule has 0 amide bonds. The van der Waals surface area contributed by atoms with E-state index in [0.29, 0.717) is 25.7 Å². The second-order valence-corrected chi connectivity index (χ2v) is 6.68. The van der Waals surface area contributed by atoms with Gasteiger partial charge < -0.3 is 5.11 Å². The zero-order valence-corrected chi connectivity index (χ0v) is 12.5. The summed E-state index contributed by atoms with van der Waals surface area (Å²) in [6, 6.07) is 0. The third-order valence-electron chi connectivity index (χ3n) is 3.34. The van der Waals surface area contributed by atoms with E-state index in [1.165, 1.54) is 6.42 Å². The standard InChI is InChI=1S/C13H28O4S/c1-3-5-6-7-8-9-13(18(15,16)17)11-10-12(14)4-2/h12-14H,3-11H2,1-2H3,(H,15,16,17). The highest BCUT2D eigenvalue weighted by atomic mass is 32.2. The number of unbranched alkanes of at least 4 members (excludes halogenated alkanes) is 4. The van der Waals surface area contributed by atoms with Crippen molar-refractivity contribution in [3.63, 3.8) is 0 Å². The summed E-state index contributed by atoms with van der Waals surface area (Å²) < 4.78 is 31.6. The molecule has 4 nitrogen and oxygen atoms in total. The number of rotatable bonds is 11. The summed E-state index contributed by atoms with van der Waals surface area (Å²) in [6.07, 6.45) is 6.73. The topological polar surface area (TPSA) is 74.6 Å². The van der Waals surface area contributed by atoms with Crippen molar-refractivity contribution in [2.75, 3.05) is 0 Å². The fourth-order valence-corrected chi connectivity index (χ4v) is 2.90. The zero-order chi connectivity index (χ0) is 14.0. The van der Waals surface area contributed by atoms with Crippen LogP contribution in [0.3, 0.4) is 0 Å². The first-order chi connectivity index (χ1) is 8.41. The fourth-order valence-electron chi connectivity index (χ4n) is 2.00. The first-order valence-electron chi connectivity index (χ1n) is 7.06. The molecule has 18 heavy (non-hydrogen) atoms. The number of hydrogen-bond donors (Lipinski definition) is 2. The molecular formula is C13H28O4S. The highest BCUT2D eigenvalue weighted by Gasteiger charge is 2.22. The maximum absolute atomic E-state index is 11.2. The molecule has 2 unspecified atom stereocenters. The van der Waals surface area contributed by atoms with E-state index in [4.69, 9.17) is 4.55 Å². The molecule has 2 atom stereocenters. The molecule has 0 aromatic carbocycles. The minimum atomic E-state index is -3.97. The Hall–Kier alpha value is -0.130. The van der Waals surface area contributed by atoms with Gasteiger partial charge in [0.2, 0.25) is 0 Å². The van der Waals surface area contributed by atoms with Gasteiger partial charge in [-0.25, -0.2) is 0 Å².